The number of aromatic nitrogens is 3. The molecule has 0 unspecified atom stereocenters. The summed E-state index contributed by atoms with van der Waals surface area (Å²) >= 11 is 0. The third-order valence-electron chi connectivity index (χ3n) is 9.99. The van der Waals surface area contributed by atoms with E-state index in [0.717, 1.165) is 11.4 Å². The second-order valence-electron chi connectivity index (χ2n) is 12.9. The molecule has 0 aliphatic rings. The van der Waals surface area contributed by atoms with Gasteiger partial charge in [-0.05, 0) is 100 Å². The average molecular weight is 638 g/mol. The van der Waals surface area contributed by atoms with Gasteiger partial charge >= 0.3 is 0 Å². The van der Waals surface area contributed by atoms with Crippen LogP contribution in [0, 0.1) is 0 Å². The molecule has 3 heteroatoms. The Morgan fingerprint density at radius 2 is 0.720 bits per heavy atom. The minimum absolute atomic E-state index is 1.11. The van der Waals surface area contributed by atoms with E-state index in [0.29, 0.717) is 0 Å². The normalized spacial score (nSPS) is 11.6. The highest BCUT2D eigenvalue weighted by Crippen LogP contribution is 2.39. The summed E-state index contributed by atoms with van der Waals surface area (Å²) in [5, 5.41) is 4.96. The number of pyridine rings is 1. The van der Waals surface area contributed by atoms with Crippen molar-refractivity contribution >= 4 is 43.6 Å². The molecule has 3 aromatic heterocycles. The summed E-state index contributed by atoms with van der Waals surface area (Å²) in [5.74, 6) is 0. The molecule has 0 saturated carbocycles. The van der Waals surface area contributed by atoms with Crippen molar-refractivity contribution in [3.8, 4) is 44.8 Å². The lowest BCUT2D eigenvalue weighted by Crippen LogP contribution is -1.96. The predicted molar refractivity (Wildman–Crippen MR) is 209 cm³/mol. The molecule has 10 aromatic rings. The second kappa shape index (κ2) is 11.5. The third-order valence-corrected chi connectivity index (χ3v) is 9.99. The maximum absolute atomic E-state index is 4.26. The van der Waals surface area contributed by atoms with Crippen molar-refractivity contribution in [1.29, 1.82) is 0 Å². The highest BCUT2D eigenvalue weighted by atomic mass is 15.0. The van der Waals surface area contributed by atoms with E-state index in [4.69, 9.17) is 0 Å². The number of rotatable bonds is 5. The summed E-state index contributed by atoms with van der Waals surface area (Å²) in [5.41, 5.74) is 14.2. The predicted octanol–water partition coefficient (Wildman–Crippen LogP) is 12.3. The van der Waals surface area contributed by atoms with Gasteiger partial charge in [0.15, 0.2) is 0 Å². The number of para-hydroxylation sites is 2. The summed E-state index contributed by atoms with van der Waals surface area (Å²) in [6, 6.07) is 63.7. The first-order valence-electron chi connectivity index (χ1n) is 17.0. The average Bonchev–Trinajstić information content (AvgIpc) is 3.71. The van der Waals surface area contributed by atoms with Crippen molar-refractivity contribution in [2.45, 2.75) is 0 Å². The molecule has 234 valence electrons. The van der Waals surface area contributed by atoms with Gasteiger partial charge in [0.2, 0.25) is 0 Å². The Kier molecular flexibility index (Phi) is 6.49. The van der Waals surface area contributed by atoms with Crippen LogP contribution in [0.3, 0.4) is 0 Å². The van der Waals surface area contributed by atoms with Crippen LogP contribution in [-0.2, 0) is 0 Å². The summed E-state index contributed by atoms with van der Waals surface area (Å²) < 4.78 is 4.76. The molecule has 0 fully saturated rings. The summed E-state index contributed by atoms with van der Waals surface area (Å²) in [6.45, 7) is 0. The van der Waals surface area contributed by atoms with Gasteiger partial charge in [-0.3, -0.25) is 4.98 Å². The highest BCUT2D eigenvalue weighted by Gasteiger charge is 2.17. The Morgan fingerprint density at radius 3 is 1.24 bits per heavy atom. The van der Waals surface area contributed by atoms with Crippen molar-refractivity contribution in [1.82, 2.24) is 14.1 Å². The molecule has 0 amide bonds. The number of hydrogen-bond acceptors (Lipinski definition) is 1. The van der Waals surface area contributed by atoms with Crippen molar-refractivity contribution in [3.05, 3.63) is 188 Å². The first kappa shape index (κ1) is 28.3. The van der Waals surface area contributed by atoms with Crippen molar-refractivity contribution in [2.75, 3.05) is 0 Å². The van der Waals surface area contributed by atoms with Gasteiger partial charge in [-0.15, -0.1) is 0 Å². The third kappa shape index (κ3) is 4.56. The van der Waals surface area contributed by atoms with Crippen LogP contribution in [0.5, 0.6) is 0 Å². The van der Waals surface area contributed by atoms with E-state index in [1.54, 1.807) is 0 Å². The van der Waals surface area contributed by atoms with E-state index in [2.05, 4.69) is 190 Å². The van der Waals surface area contributed by atoms with E-state index >= 15 is 0 Å². The quantitative estimate of drug-likeness (QED) is 0.184. The van der Waals surface area contributed by atoms with Crippen molar-refractivity contribution < 1.29 is 0 Å². The topological polar surface area (TPSA) is 22.8 Å². The van der Waals surface area contributed by atoms with Crippen LogP contribution >= 0.6 is 0 Å². The van der Waals surface area contributed by atoms with Crippen LogP contribution in [-0.4, -0.2) is 14.1 Å². The summed E-state index contributed by atoms with van der Waals surface area (Å²) in [4.78, 5) is 4.26. The molecule has 50 heavy (non-hydrogen) atoms. The molecule has 7 aromatic carbocycles. The van der Waals surface area contributed by atoms with Crippen LogP contribution in [0.4, 0.5) is 0 Å². The maximum Gasteiger partial charge on any atom is 0.0541 e. The molecule has 0 aliphatic carbocycles. The van der Waals surface area contributed by atoms with E-state index in [1.807, 2.05) is 12.4 Å². The maximum atomic E-state index is 4.26. The van der Waals surface area contributed by atoms with Gasteiger partial charge in [0, 0.05) is 45.3 Å². The lowest BCUT2D eigenvalue weighted by Gasteiger charge is -2.14. The molecule has 0 atom stereocenters. The van der Waals surface area contributed by atoms with Crippen LogP contribution in [0.15, 0.2) is 188 Å². The van der Waals surface area contributed by atoms with E-state index in [9.17, 15) is 0 Å². The fraction of sp³-hybridized carbons (Fsp3) is 0. The largest absolute Gasteiger partial charge is 0.309 e. The number of nitrogens with zero attached hydrogens (tertiary/aromatic N) is 3. The SMILES string of the molecule is c1ccc(-c2cc(-c3ccccc3)cc(-n3c4ccccc4c4cc(-c5ccc6c(c5)c5ccccc5n6-c5ccncc5)ccc43)c2)cc1. The summed E-state index contributed by atoms with van der Waals surface area (Å²) in [7, 11) is 0. The van der Waals surface area contributed by atoms with Crippen LogP contribution in [0.1, 0.15) is 0 Å². The van der Waals surface area contributed by atoms with E-state index in [-0.39, 0.29) is 0 Å². The Morgan fingerprint density at radius 1 is 0.280 bits per heavy atom. The van der Waals surface area contributed by atoms with Crippen molar-refractivity contribution in [2.24, 2.45) is 0 Å². The van der Waals surface area contributed by atoms with Crippen molar-refractivity contribution in [3.63, 3.8) is 0 Å². The Balaban J connectivity index is 1.17. The Bertz CT molecular complexity index is 2790. The molecule has 3 heterocycles. The molecular formula is C47H31N3. The smallest absolute Gasteiger partial charge is 0.0541 e. The van der Waals surface area contributed by atoms with Gasteiger partial charge in [0.25, 0.3) is 0 Å². The molecule has 0 radical (unpaired) electrons. The Labute approximate surface area is 290 Å². The molecule has 0 saturated heterocycles. The zero-order valence-electron chi connectivity index (χ0n) is 27.2. The number of fused-ring (bicyclic) bond motifs is 6. The summed E-state index contributed by atoms with van der Waals surface area (Å²) in [6.07, 6.45) is 3.72. The fourth-order valence-electron chi connectivity index (χ4n) is 7.69. The second-order valence-corrected chi connectivity index (χ2v) is 12.9. The monoisotopic (exact) mass is 637 g/mol. The van der Waals surface area contributed by atoms with Crippen LogP contribution < -0.4 is 0 Å². The number of benzene rings is 7. The zero-order valence-corrected chi connectivity index (χ0v) is 27.2. The molecule has 0 bridgehead atoms. The van der Waals surface area contributed by atoms with Gasteiger partial charge in [-0.1, -0.05) is 109 Å². The molecule has 0 spiro atoms. The van der Waals surface area contributed by atoms with Crippen LogP contribution in [0.25, 0.3) is 88.4 Å². The first-order valence-corrected chi connectivity index (χ1v) is 17.0. The van der Waals surface area contributed by atoms with Crippen LogP contribution in [0.2, 0.25) is 0 Å². The molecule has 0 aliphatic heterocycles. The fourth-order valence-corrected chi connectivity index (χ4v) is 7.69. The van der Waals surface area contributed by atoms with Gasteiger partial charge < -0.3 is 9.13 Å². The molecule has 10 rings (SSSR count). The highest BCUT2D eigenvalue weighted by molar-refractivity contribution is 6.12. The molecule has 3 nitrogen and oxygen atoms in total. The van der Waals surface area contributed by atoms with Gasteiger partial charge in [0.1, 0.15) is 0 Å². The first-order chi connectivity index (χ1) is 24.8. The molecule has 0 N–H and O–H groups in total. The lowest BCUT2D eigenvalue weighted by molar-refractivity contribution is 1.16. The standard InChI is InChI=1S/C47H31N3/c1-3-11-32(12-4-1)36-27-37(33-13-5-2-6-14-33)29-39(28-36)50-45-18-10-8-16-41(45)43-31-35(20-22-47(43)50)34-19-21-46-42(30-34)40-15-7-9-17-44(40)49(46)38-23-25-48-26-24-38/h1-31H. The molecular weight excluding hydrogens is 607 g/mol. The lowest BCUT2D eigenvalue weighted by atomic mass is 9.98. The van der Waals surface area contributed by atoms with Gasteiger partial charge in [-0.25, -0.2) is 0 Å². The van der Waals surface area contributed by atoms with Gasteiger partial charge in [-0.2, -0.15) is 0 Å². The number of hydrogen-bond donors (Lipinski definition) is 0. The van der Waals surface area contributed by atoms with E-state index < -0.39 is 0 Å². The van der Waals surface area contributed by atoms with Gasteiger partial charge in [0.05, 0.1) is 22.1 Å². The van der Waals surface area contributed by atoms with E-state index in [1.165, 1.54) is 77.0 Å². The Hall–Kier alpha value is -6.71. The minimum Gasteiger partial charge on any atom is -0.309 e. The minimum atomic E-state index is 1.11. The zero-order chi connectivity index (χ0) is 33.0.